The van der Waals surface area contributed by atoms with E-state index in [1.165, 1.54) is 0 Å². The van der Waals surface area contributed by atoms with Gasteiger partial charge in [0.2, 0.25) is 0 Å². The van der Waals surface area contributed by atoms with Gasteiger partial charge < -0.3 is 5.32 Å². The second kappa shape index (κ2) is 5.60. The van der Waals surface area contributed by atoms with E-state index in [-0.39, 0.29) is 17.5 Å². The van der Waals surface area contributed by atoms with Crippen LogP contribution in [0.2, 0.25) is 0 Å². The van der Waals surface area contributed by atoms with E-state index in [0.29, 0.717) is 18.1 Å². The van der Waals surface area contributed by atoms with Crippen LogP contribution >= 0.6 is 11.6 Å². The Morgan fingerprint density at radius 3 is 2.60 bits per heavy atom. The monoisotopic (exact) mass is 309 g/mol. The molecular weight excluding hydrogens is 298 g/mol. The third-order valence-corrected chi connectivity index (χ3v) is 3.64. The van der Waals surface area contributed by atoms with Crippen LogP contribution in [-0.2, 0) is 6.18 Å². The van der Waals surface area contributed by atoms with Gasteiger partial charge in [-0.2, -0.15) is 13.2 Å². The molecule has 7 heteroatoms. The highest BCUT2D eigenvalue weighted by Gasteiger charge is 2.35. The lowest BCUT2D eigenvalue weighted by molar-refractivity contribution is -0.140. The number of nitrogens with one attached hydrogen (secondary N) is 1. The molecule has 0 radical (unpaired) electrons. The fraction of sp³-hybridized carbons (Fsp3) is 0.462. The van der Waals surface area contributed by atoms with Crippen molar-refractivity contribution in [3.8, 4) is 0 Å². The minimum atomic E-state index is -4.83. The first-order valence-corrected chi connectivity index (χ1v) is 6.51. The van der Waals surface area contributed by atoms with Crippen LogP contribution < -0.4 is 5.32 Å². The van der Waals surface area contributed by atoms with Gasteiger partial charge in [-0.3, -0.25) is 4.79 Å². The maximum absolute atomic E-state index is 13.1. The molecule has 110 valence electrons. The van der Waals surface area contributed by atoms with Gasteiger partial charge >= 0.3 is 6.18 Å². The Bertz CT molecular complexity index is 514. The maximum Gasteiger partial charge on any atom is 0.419 e. The highest BCUT2D eigenvalue weighted by Crippen LogP contribution is 2.35. The van der Waals surface area contributed by atoms with E-state index in [9.17, 15) is 22.4 Å². The third kappa shape index (κ3) is 3.62. The number of hydrogen-bond acceptors (Lipinski definition) is 1. The van der Waals surface area contributed by atoms with Crippen LogP contribution in [0.3, 0.4) is 0 Å². The fourth-order valence-electron chi connectivity index (χ4n) is 1.80. The van der Waals surface area contributed by atoms with E-state index in [1.807, 2.05) is 0 Å². The molecule has 0 spiro atoms. The van der Waals surface area contributed by atoms with Gasteiger partial charge in [0.15, 0.2) is 0 Å². The van der Waals surface area contributed by atoms with Crippen molar-refractivity contribution in [2.75, 3.05) is 6.54 Å². The number of benzene rings is 1. The van der Waals surface area contributed by atoms with Crippen LogP contribution in [0.5, 0.6) is 0 Å². The number of carbonyl (C=O) groups excluding carboxylic acids is 1. The topological polar surface area (TPSA) is 29.1 Å². The van der Waals surface area contributed by atoms with E-state index in [1.54, 1.807) is 0 Å². The van der Waals surface area contributed by atoms with Crippen LogP contribution in [0.25, 0.3) is 0 Å². The van der Waals surface area contributed by atoms with Crippen LogP contribution in [0.15, 0.2) is 18.2 Å². The minimum Gasteiger partial charge on any atom is -0.351 e. The van der Waals surface area contributed by atoms with Crippen molar-refractivity contribution in [1.82, 2.24) is 5.32 Å². The van der Waals surface area contributed by atoms with Crippen molar-refractivity contribution in [3.05, 3.63) is 35.1 Å². The summed E-state index contributed by atoms with van der Waals surface area (Å²) in [5.41, 5.74) is -1.69. The molecule has 0 aliphatic heterocycles. The quantitative estimate of drug-likeness (QED) is 0.668. The SMILES string of the molecule is O=C(NCC(Cl)C1CC1)c1ccc(F)c(C(F)(F)F)c1. The molecule has 0 aromatic heterocycles. The maximum atomic E-state index is 13.1. The summed E-state index contributed by atoms with van der Waals surface area (Å²) in [6, 6.07) is 2.15. The van der Waals surface area contributed by atoms with Gasteiger partial charge in [0.25, 0.3) is 5.91 Å². The molecule has 1 aromatic carbocycles. The largest absolute Gasteiger partial charge is 0.419 e. The summed E-state index contributed by atoms with van der Waals surface area (Å²) in [6.07, 6.45) is -2.83. The van der Waals surface area contributed by atoms with Gasteiger partial charge in [-0.1, -0.05) is 0 Å². The molecule has 1 fully saturated rings. The molecule has 0 bridgehead atoms. The number of alkyl halides is 4. The lowest BCUT2D eigenvalue weighted by Gasteiger charge is -2.12. The molecule has 1 unspecified atom stereocenters. The first-order chi connectivity index (χ1) is 9.29. The molecule has 1 aliphatic carbocycles. The van der Waals surface area contributed by atoms with Gasteiger partial charge in [0.1, 0.15) is 5.82 Å². The Balaban J connectivity index is 2.06. The summed E-state index contributed by atoms with van der Waals surface area (Å²) in [5, 5.41) is 2.24. The van der Waals surface area contributed by atoms with E-state index in [4.69, 9.17) is 11.6 Å². The summed E-state index contributed by atoms with van der Waals surface area (Å²) < 4.78 is 50.7. The molecular formula is C13H12ClF4NO. The van der Waals surface area contributed by atoms with E-state index >= 15 is 0 Å². The van der Waals surface area contributed by atoms with Crippen molar-refractivity contribution in [1.29, 1.82) is 0 Å². The molecule has 2 rings (SSSR count). The molecule has 20 heavy (non-hydrogen) atoms. The molecule has 1 aliphatic rings. The number of rotatable bonds is 4. The molecule has 1 saturated carbocycles. The zero-order chi connectivity index (χ0) is 14.9. The van der Waals surface area contributed by atoms with Crippen molar-refractivity contribution in [2.24, 2.45) is 5.92 Å². The van der Waals surface area contributed by atoms with Gasteiger partial charge in [-0.05, 0) is 37.0 Å². The first-order valence-electron chi connectivity index (χ1n) is 6.08. The fourth-order valence-corrected chi connectivity index (χ4v) is 2.13. The van der Waals surface area contributed by atoms with Crippen molar-refractivity contribution >= 4 is 17.5 Å². The molecule has 1 N–H and O–H groups in total. The van der Waals surface area contributed by atoms with E-state index < -0.39 is 23.5 Å². The van der Waals surface area contributed by atoms with Crippen LogP contribution in [0, 0.1) is 11.7 Å². The molecule has 0 heterocycles. The highest BCUT2D eigenvalue weighted by atomic mass is 35.5. The van der Waals surface area contributed by atoms with E-state index in [2.05, 4.69) is 5.32 Å². The van der Waals surface area contributed by atoms with Crippen LogP contribution in [0.4, 0.5) is 17.6 Å². The lowest BCUT2D eigenvalue weighted by Crippen LogP contribution is -2.30. The molecule has 1 amide bonds. The van der Waals surface area contributed by atoms with Gasteiger partial charge in [-0.25, -0.2) is 4.39 Å². The molecule has 1 atom stereocenters. The average Bonchev–Trinajstić information content (AvgIpc) is 3.18. The summed E-state index contributed by atoms with van der Waals surface area (Å²) in [5.74, 6) is -1.74. The zero-order valence-corrected chi connectivity index (χ0v) is 11.1. The summed E-state index contributed by atoms with van der Waals surface area (Å²) in [6.45, 7) is 0.184. The average molecular weight is 310 g/mol. The minimum absolute atomic E-state index is 0.184. The highest BCUT2D eigenvalue weighted by molar-refractivity contribution is 6.21. The Kier molecular flexibility index (Phi) is 4.22. The predicted octanol–water partition coefficient (Wildman–Crippen LogP) is 3.59. The second-order valence-electron chi connectivity index (χ2n) is 4.76. The van der Waals surface area contributed by atoms with Gasteiger partial charge in [0, 0.05) is 12.1 Å². The summed E-state index contributed by atoms with van der Waals surface area (Å²) in [4.78, 5) is 11.7. The molecule has 2 nitrogen and oxygen atoms in total. The zero-order valence-electron chi connectivity index (χ0n) is 10.3. The second-order valence-corrected chi connectivity index (χ2v) is 5.32. The number of hydrogen-bond donors (Lipinski definition) is 1. The Hall–Kier alpha value is -1.30. The predicted molar refractivity (Wildman–Crippen MR) is 66.1 cm³/mol. The van der Waals surface area contributed by atoms with Crippen molar-refractivity contribution in [2.45, 2.75) is 24.4 Å². The van der Waals surface area contributed by atoms with Crippen LogP contribution in [0.1, 0.15) is 28.8 Å². The Labute approximate surface area is 118 Å². The third-order valence-electron chi connectivity index (χ3n) is 3.13. The standard InChI is InChI=1S/C13H12ClF4NO/c14-10(7-1-2-7)6-19-12(20)8-3-4-11(15)9(5-8)13(16,17)18/h3-5,7,10H,1-2,6H2,(H,19,20). The number of carbonyl (C=O) groups is 1. The van der Waals surface area contributed by atoms with Crippen molar-refractivity contribution in [3.63, 3.8) is 0 Å². The van der Waals surface area contributed by atoms with Crippen molar-refractivity contribution < 1.29 is 22.4 Å². The van der Waals surface area contributed by atoms with Crippen LogP contribution in [-0.4, -0.2) is 17.8 Å². The Morgan fingerprint density at radius 1 is 1.40 bits per heavy atom. The first kappa shape index (κ1) is 15.1. The van der Waals surface area contributed by atoms with E-state index in [0.717, 1.165) is 18.9 Å². The Morgan fingerprint density at radius 2 is 2.05 bits per heavy atom. The molecule has 0 saturated heterocycles. The smallest absolute Gasteiger partial charge is 0.351 e. The summed E-state index contributed by atoms with van der Waals surface area (Å²) >= 11 is 5.98. The molecule has 1 aromatic rings. The van der Waals surface area contributed by atoms with Gasteiger partial charge in [0.05, 0.1) is 10.9 Å². The lowest BCUT2D eigenvalue weighted by atomic mass is 10.1. The summed E-state index contributed by atoms with van der Waals surface area (Å²) in [7, 11) is 0. The van der Waals surface area contributed by atoms with Gasteiger partial charge in [-0.15, -0.1) is 11.6 Å². The number of halogens is 5. The number of amides is 1. The normalized spacial score (nSPS) is 16.9.